The molecule has 7 heteroatoms. The number of carbonyl (C=O) groups is 1. The summed E-state index contributed by atoms with van der Waals surface area (Å²) in [6.45, 7) is 1.26. The van der Waals surface area contributed by atoms with Gasteiger partial charge in [0, 0.05) is 19.0 Å². The summed E-state index contributed by atoms with van der Waals surface area (Å²) in [4.78, 5) is 13.2. The molecule has 1 aromatic rings. The van der Waals surface area contributed by atoms with E-state index in [9.17, 15) is 18.0 Å². The van der Waals surface area contributed by atoms with Crippen molar-refractivity contribution in [1.29, 1.82) is 0 Å². The average Bonchev–Trinajstić information content (AvgIpc) is 2.52. The molecule has 0 spiro atoms. The summed E-state index contributed by atoms with van der Waals surface area (Å²) in [6.07, 6.45) is -2.82. The van der Waals surface area contributed by atoms with Crippen molar-refractivity contribution in [2.75, 3.05) is 25.6 Å². The number of nitrogens with zero attached hydrogens (tertiary/aromatic N) is 1. The fourth-order valence-corrected chi connectivity index (χ4v) is 2.72. The van der Waals surface area contributed by atoms with Gasteiger partial charge in [-0.1, -0.05) is 12.1 Å². The van der Waals surface area contributed by atoms with Crippen LogP contribution in [0.15, 0.2) is 24.3 Å². The van der Waals surface area contributed by atoms with Crippen molar-refractivity contribution >= 4 is 17.5 Å². The molecule has 1 atom stereocenters. The Labute approximate surface area is 132 Å². The van der Waals surface area contributed by atoms with Crippen molar-refractivity contribution in [2.24, 2.45) is 5.92 Å². The van der Waals surface area contributed by atoms with Crippen molar-refractivity contribution in [1.82, 2.24) is 4.90 Å². The van der Waals surface area contributed by atoms with E-state index in [0.29, 0.717) is 13.1 Å². The van der Waals surface area contributed by atoms with Crippen LogP contribution < -0.4 is 4.74 Å². The Kier molecular flexibility index (Phi) is 5.56. The van der Waals surface area contributed by atoms with Crippen LogP contribution in [0.4, 0.5) is 13.2 Å². The molecule has 122 valence electrons. The van der Waals surface area contributed by atoms with Crippen LogP contribution >= 0.6 is 11.6 Å². The number of ether oxygens (including phenoxy) is 1. The average molecular weight is 336 g/mol. The van der Waals surface area contributed by atoms with Crippen LogP contribution in [-0.2, 0) is 11.0 Å². The Hall–Kier alpha value is -1.43. The van der Waals surface area contributed by atoms with Gasteiger partial charge in [-0.3, -0.25) is 4.79 Å². The molecule has 0 bridgehead atoms. The van der Waals surface area contributed by atoms with E-state index in [1.807, 2.05) is 0 Å². The maximum atomic E-state index is 12.9. The minimum atomic E-state index is -4.44. The summed E-state index contributed by atoms with van der Waals surface area (Å²) >= 11 is 5.53. The van der Waals surface area contributed by atoms with Gasteiger partial charge in [0.05, 0.1) is 12.2 Å². The molecule has 0 aliphatic carbocycles. The zero-order valence-electron chi connectivity index (χ0n) is 11.9. The second-order valence-electron chi connectivity index (χ2n) is 5.29. The molecular formula is C15H17ClF3NO2. The molecule has 0 radical (unpaired) electrons. The van der Waals surface area contributed by atoms with E-state index in [1.54, 1.807) is 4.90 Å². The molecule has 2 rings (SSSR count). The summed E-state index contributed by atoms with van der Waals surface area (Å²) in [5, 5.41) is 0. The third-order valence-corrected chi connectivity index (χ3v) is 3.88. The molecule has 0 saturated carbocycles. The molecule has 0 aromatic heterocycles. The summed E-state index contributed by atoms with van der Waals surface area (Å²) in [6, 6.07) is 5.15. The van der Waals surface area contributed by atoms with Gasteiger partial charge in [-0.15, -0.1) is 11.6 Å². The van der Waals surface area contributed by atoms with Crippen LogP contribution in [0.5, 0.6) is 5.75 Å². The molecule has 1 amide bonds. The van der Waals surface area contributed by atoms with Crippen LogP contribution in [0.3, 0.4) is 0 Å². The lowest BCUT2D eigenvalue weighted by atomic mass is 9.99. The predicted octanol–water partition coefficient (Wildman–Crippen LogP) is 3.56. The number of hydrogen-bond donors (Lipinski definition) is 0. The van der Waals surface area contributed by atoms with Crippen LogP contribution in [0.25, 0.3) is 0 Å². The van der Waals surface area contributed by atoms with Gasteiger partial charge in [-0.05, 0) is 25.0 Å². The minimum absolute atomic E-state index is 0.0159. The maximum Gasteiger partial charge on any atom is 0.419 e. The maximum absolute atomic E-state index is 12.9. The van der Waals surface area contributed by atoms with Crippen LogP contribution in [0.2, 0.25) is 0 Å². The monoisotopic (exact) mass is 335 g/mol. The number of alkyl halides is 4. The molecule has 1 aliphatic rings. The Balaban J connectivity index is 1.97. The lowest BCUT2D eigenvalue weighted by Crippen LogP contribution is -2.42. The highest BCUT2D eigenvalue weighted by Crippen LogP contribution is 2.36. The summed E-state index contributed by atoms with van der Waals surface area (Å²) in [5.41, 5.74) is -0.778. The van der Waals surface area contributed by atoms with Gasteiger partial charge in [0.1, 0.15) is 11.6 Å². The first-order valence-electron chi connectivity index (χ1n) is 7.04. The Morgan fingerprint density at radius 3 is 2.77 bits per heavy atom. The molecule has 0 N–H and O–H groups in total. The number of hydrogen-bond acceptors (Lipinski definition) is 2. The Morgan fingerprint density at radius 2 is 2.09 bits per heavy atom. The zero-order chi connectivity index (χ0) is 16.2. The number of para-hydroxylation sites is 1. The highest BCUT2D eigenvalue weighted by atomic mass is 35.5. The highest BCUT2D eigenvalue weighted by Gasteiger charge is 2.34. The first kappa shape index (κ1) is 16.9. The van der Waals surface area contributed by atoms with Gasteiger partial charge in [-0.25, -0.2) is 0 Å². The first-order chi connectivity index (χ1) is 10.4. The second kappa shape index (κ2) is 7.22. The van der Waals surface area contributed by atoms with Crippen LogP contribution in [0, 0.1) is 5.92 Å². The van der Waals surface area contributed by atoms with E-state index in [4.69, 9.17) is 16.3 Å². The van der Waals surface area contributed by atoms with Crippen LogP contribution in [0.1, 0.15) is 18.4 Å². The van der Waals surface area contributed by atoms with Crippen molar-refractivity contribution in [3.63, 3.8) is 0 Å². The third kappa shape index (κ3) is 4.29. The van der Waals surface area contributed by atoms with E-state index in [-0.39, 0.29) is 30.1 Å². The van der Waals surface area contributed by atoms with Crippen LogP contribution in [-0.4, -0.2) is 36.4 Å². The van der Waals surface area contributed by atoms with E-state index < -0.39 is 11.7 Å². The number of amides is 1. The largest absolute Gasteiger partial charge is 0.493 e. The van der Waals surface area contributed by atoms with Gasteiger partial charge in [-0.2, -0.15) is 13.2 Å². The van der Waals surface area contributed by atoms with E-state index in [0.717, 1.165) is 18.9 Å². The predicted molar refractivity (Wildman–Crippen MR) is 77.0 cm³/mol. The molecule has 1 aliphatic heterocycles. The molecule has 1 unspecified atom stereocenters. The number of carbonyl (C=O) groups excluding carboxylic acids is 1. The van der Waals surface area contributed by atoms with E-state index >= 15 is 0 Å². The van der Waals surface area contributed by atoms with Gasteiger partial charge in [0.2, 0.25) is 5.91 Å². The van der Waals surface area contributed by atoms with Crippen molar-refractivity contribution < 1.29 is 22.7 Å². The second-order valence-corrected chi connectivity index (χ2v) is 5.55. The fraction of sp³-hybridized carbons (Fsp3) is 0.533. The number of rotatable bonds is 4. The zero-order valence-corrected chi connectivity index (χ0v) is 12.7. The quantitative estimate of drug-likeness (QED) is 0.787. The van der Waals surface area contributed by atoms with E-state index in [1.165, 1.54) is 18.2 Å². The highest BCUT2D eigenvalue weighted by molar-refractivity contribution is 6.27. The topological polar surface area (TPSA) is 29.5 Å². The minimum Gasteiger partial charge on any atom is -0.493 e. The smallest absolute Gasteiger partial charge is 0.419 e. The summed E-state index contributed by atoms with van der Waals surface area (Å²) in [7, 11) is 0. The van der Waals surface area contributed by atoms with Gasteiger partial charge in [0.25, 0.3) is 0 Å². The van der Waals surface area contributed by atoms with Crippen molar-refractivity contribution in [3.8, 4) is 5.75 Å². The first-order valence-corrected chi connectivity index (χ1v) is 7.58. The lowest BCUT2D eigenvalue weighted by molar-refractivity contribution is -0.139. The number of benzene rings is 1. The molecule has 1 fully saturated rings. The number of piperidine rings is 1. The molecule has 1 saturated heterocycles. The summed E-state index contributed by atoms with van der Waals surface area (Å²) in [5.74, 6) is -0.384. The Morgan fingerprint density at radius 1 is 1.36 bits per heavy atom. The Bertz CT molecular complexity index is 522. The molecule has 1 aromatic carbocycles. The number of likely N-dealkylation sites (tertiary alicyclic amines) is 1. The van der Waals surface area contributed by atoms with Crippen molar-refractivity contribution in [2.45, 2.75) is 19.0 Å². The SMILES string of the molecule is O=C(CCl)N1CCCC(COc2ccccc2C(F)(F)F)C1. The number of halogens is 4. The third-order valence-electron chi connectivity index (χ3n) is 3.65. The lowest BCUT2D eigenvalue weighted by Gasteiger charge is -2.32. The normalized spacial score (nSPS) is 19.1. The molecule has 22 heavy (non-hydrogen) atoms. The van der Waals surface area contributed by atoms with Gasteiger partial charge < -0.3 is 9.64 Å². The molecule has 1 heterocycles. The summed E-state index contributed by atoms with van der Waals surface area (Å²) < 4.78 is 44.0. The standard InChI is InChI=1S/C15H17ClF3NO2/c16-8-14(21)20-7-3-4-11(9-20)10-22-13-6-2-1-5-12(13)15(17,18)19/h1-2,5-6,11H,3-4,7-10H2. The fourth-order valence-electron chi connectivity index (χ4n) is 2.55. The van der Waals surface area contributed by atoms with E-state index in [2.05, 4.69) is 0 Å². The molecular weight excluding hydrogens is 319 g/mol. The van der Waals surface area contributed by atoms with Gasteiger partial charge >= 0.3 is 6.18 Å². The van der Waals surface area contributed by atoms with Gasteiger partial charge in [0.15, 0.2) is 0 Å². The molecule has 3 nitrogen and oxygen atoms in total. The van der Waals surface area contributed by atoms with Crippen molar-refractivity contribution in [3.05, 3.63) is 29.8 Å².